The van der Waals surface area contributed by atoms with Gasteiger partial charge in [0.2, 0.25) is 0 Å². The number of carbonyl (C=O) groups is 1. The molecule has 0 aliphatic carbocycles. The van der Waals surface area contributed by atoms with Crippen molar-refractivity contribution in [1.29, 1.82) is 0 Å². The highest BCUT2D eigenvalue weighted by Crippen LogP contribution is 2.30. The molecule has 0 bridgehead atoms. The Hall–Kier alpha value is -2.89. The largest absolute Gasteiger partial charge is 0.478 e. The third-order valence-corrected chi connectivity index (χ3v) is 2.97. The molecule has 0 aliphatic rings. The van der Waals surface area contributed by atoms with Crippen molar-refractivity contribution in [3.05, 3.63) is 63.2 Å². The van der Waals surface area contributed by atoms with Crippen LogP contribution in [0.25, 0.3) is 0 Å². The zero-order valence-electron chi connectivity index (χ0n) is 11.5. The Morgan fingerprint density at radius 3 is 2.52 bits per heavy atom. The standard InChI is InChI=1S/C15H13NO5/c1-9-3-6-14(12(7-9)15(17)18)21-11-5-4-10(2)13(8-11)16(19)20/h3-8H,1-2H3,(H,17,18). The molecule has 2 rings (SSSR count). The number of ether oxygens (including phenoxy) is 1. The molecular weight excluding hydrogens is 274 g/mol. The number of hydrogen-bond acceptors (Lipinski definition) is 4. The molecule has 0 unspecified atom stereocenters. The fraction of sp³-hybridized carbons (Fsp3) is 0.133. The maximum absolute atomic E-state index is 11.2. The molecule has 0 radical (unpaired) electrons. The van der Waals surface area contributed by atoms with Crippen LogP contribution in [0.1, 0.15) is 21.5 Å². The van der Waals surface area contributed by atoms with Crippen LogP contribution in [0.3, 0.4) is 0 Å². The van der Waals surface area contributed by atoms with E-state index in [0.717, 1.165) is 5.56 Å². The normalized spacial score (nSPS) is 10.2. The molecule has 6 heteroatoms. The highest BCUT2D eigenvalue weighted by molar-refractivity contribution is 5.91. The van der Waals surface area contributed by atoms with Crippen LogP contribution in [0.5, 0.6) is 11.5 Å². The van der Waals surface area contributed by atoms with E-state index in [4.69, 9.17) is 9.84 Å². The summed E-state index contributed by atoms with van der Waals surface area (Å²) >= 11 is 0. The first-order valence-electron chi connectivity index (χ1n) is 6.15. The smallest absolute Gasteiger partial charge is 0.339 e. The molecule has 0 atom stereocenters. The lowest BCUT2D eigenvalue weighted by Gasteiger charge is -2.10. The number of carboxylic acid groups (broad SMARTS) is 1. The van der Waals surface area contributed by atoms with Crippen molar-refractivity contribution >= 4 is 11.7 Å². The Morgan fingerprint density at radius 1 is 1.19 bits per heavy atom. The van der Waals surface area contributed by atoms with Crippen LogP contribution in [-0.2, 0) is 0 Å². The maximum atomic E-state index is 11.2. The van der Waals surface area contributed by atoms with Gasteiger partial charge in [-0.1, -0.05) is 11.6 Å². The topological polar surface area (TPSA) is 89.7 Å². The van der Waals surface area contributed by atoms with Crippen LogP contribution in [0.2, 0.25) is 0 Å². The lowest BCUT2D eigenvalue weighted by atomic mass is 10.1. The molecule has 0 fully saturated rings. The fourth-order valence-electron chi connectivity index (χ4n) is 1.88. The van der Waals surface area contributed by atoms with E-state index < -0.39 is 10.9 Å². The van der Waals surface area contributed by atoms with Crippen LogP contribution in [-0.4, -0.2) is 16.0 Å². The Labute approximate surface area is 120 Å². The Morgan fingerprint density at radius 2 is 1.90 bits per heavy atom. The van der Waals surface area contributed by atoms with Gasteiger partial charge < -0.3 is 9.84 Å². The average molecular weight is 287 g/mol. The molecule has 0 heterocycles. The summed E-state index contributed by atoms with van der Waals surface area (Å²) in [6.07, 6.45) is 0. The molecule has 0 amide bonds. The zero-order valence-corrected chi connectivity index (χ0v) is 11.5. The second-order valence-electron chi connectivity index (χ2n) is 4.61. The van der Waals surface area contributed by atoms with Gasteiger partial charge in [0.1, 0.15) is 17.1 Å². The van der Waals surface area contributed by atoms with Gasteiger partial charge in [-0.2, -0.15) is 0 Å². The van der Waals surface area contributed by atoms with Crippen molar-refractivity contribution in [3.8, 4) is 11.5 Å². The van der Waals surface area contributed by atoms with E-state index in [9.17, 15) is 14.9 Å². The lowest BCUT2D eigenvalue weighted by Crippen LogP contribution is -2.01. The highest BCUT2D eigenvalue weighted by atomic mass is 16.6. The quantitative estimate of drug-likeness (QED) is 0.684. The lowest BCUT2D eigenvalue weighted by molar-refractivity contribution is -0.385. The summed E-state index contributed by atoms with van der Waals surface area (Å²) in [7, 11) is 0. The zero-order chi connectivity index (χ0) is 15.6. The maximum Gasteiger partial charge on any atom is 0.339 e. The number of rotatable bonds is 4. The number of hydrogen-bond donors (Lipinski definition) is 1. The van der Waals surface area contributed by atoms with E-state index in [2.05, 4.69) is 0 Å². The van der Waals surface area contributed by atoms with Gasteiger partial charge in [-0.15, -0.1) is 0 Å². The summed E-state index contributed by atoms with van der Waals surface area (Å²) in [4.78, 5) is 21.6. The third kappa shape index (κ3) is 3.17. The molecule has 2 aromatic carbocycles. The molecule has 2 aromatic rings. The predicted octanol–water partition coefficient (Wildman–Crippen LogP) is 3.70. The average Bonchev–Trinajstić information content (AvgIpc) is 2.42. The first kappa shape index (κ1) is 14.5. The molecule has 0 spiro atoms. The van der Waals surface area contributed by atoms with E-state index in [1.807, 2.05) is 0 Å². The SMILES string of the molecule is Cc1ccc(Oc2ccc(C)c([N+](=O)[O-])c2)c(C(=O)O)c1. The molecule has 6 nitrogen and oxygen atoms in total. The summed E-state index contributed by atoms with van der Waals surface area (Å²) in [5, 5.41) is 20.1. The number of nitro groups is 1. The number of aryl methyl sites for hydroxylation is 2. The number of benzene rings is 2. The molecular formula is C15H13NO5. The molecule has 0 saturated heterocycles. The minimum atomic E-state index is -1.12. The van der Waals surface area contributed by atoms with Gasteiger partial charge in [0.05, 0.1) is 11.0 Å². The van der Waals surface area contributed by atoms with E-state index in [-0.39, 0.29) is 22.7 Å². The molecule has 0 saturated carbocycles. The Kier molecular flexibility index (Phi) is 3.89. The Balaban J connectivity index is 2.41. The van der Waals surface area contributed by atoms with Gasteiger partial charge in [0.15, 0.2) is 0 Å². The number of nitro benzene ring substituents is 1. The molecule has 1 N–H and O–H groups in total. The van der Waals surface area contributed by atoms with Crippen molar-refractivity contribution in [2.24, 2.45) is 0 Å². The molecule has 0 aromatic heterocycles. The van der Waals surface area contributed by atoms with Crippen LogP contribution >= 0.6 is 0 Å². The minimum absolute atomic E-state index is 0.0122. The van der Waals surface area contributed by atoms with Crippen molar-refractivity contribution in [3.63, 3.8) is 0 Å². The van der Waals surface area contributed by atoms with Gasteiger partial charge in [0, 0.05) is 5.56 Å². The van der Waals surface area contributed by atoms with Gasteiger partial charge in [-0.05, 0) is 38.1 Å². The summed E-state index contributed by atoms with van der Waals surface area (Å²) < 4.78 is 5.49. The number of carboxylic acids is 1. The number of nitrogens with zero attached hydrogens (tertiary/aromatic N) is 1. The molecule has 0 aliphatic heterocycles. The second-order valence-corrected chi connectivity index (χ2v) is 4.61. The van der Waals surface area contributed by atoms with E-state index in [0.29, 0.717) is 5.56 Å². The van der Waals surface area contributed by atoms with Crippen LogP contribution < -0.4 is 4.74 Å². The van der Waals surface area contributed by atoms with Crippen molar-refractivity contribution in [2.75, 3.05) is 0 Å². The van der Waals surface area contributed by atoms with Crippen LogP contribution in [0.4, 0.5) is 5.69 Å². The van der Waals surface area contributed by atoms with E-state index >= 15 is 0 Å². The molecule has 108 valence electrons. The van der Waals surface area contributed by atoms with E-state index in [1.54, 1.807) is 32.0 Å². The van der Waals surface area contributed by atoms with Crippen molar-refractivity contribution in [1.82, 2.24) is 0 Å². The Bertz CT molecular complexity index is 724. The van der Waals surface area contributed by atoms with E-state index in [1.165, 1.54) is 18.2 Å². The van der Waals surface area contributed by atoms with Gasteiger partial charge in [-0.3, -0.25) is 10.1 Å². The fourth-order valence-corrected chi connectivity index (χ4v) is 1.88. The van der Waals surface area contributed by atoms with Crippen molar-refractivity contribution in [2.45, 2.75) is 13.8 Å². The van der Waals surface area contributed by atoms with Crippen molar-refractivity contribution < 1.29 is 19.6 Å². The van der Waals surface area contributed by atoms with Crippen LogP contribution in [0, 0.1) is 24.0 Å². The second kappa shape index (κ2) is 5.62. The van der Waals surface area contributed by atoms with Gasteiger partial charge in [0.25, 0.3) is 5.69 Å². The third-order valence-electron chi connectivity index (χ3n) is 2.97. The summed E-state index contributed by atoms with van der Waals surface area (Å²) in [5.74, 6) is -0.750. The predicted molar refractivity (Wildman–Crippen MR) is 76.0 cm³/mol. The highest BCUT2D eigenvalue weighted by Gasteiger charge is 2.15. The van der Waals surface area contributed by atoms with Gasteiger partial charge in [-0.25, -0.2) is 4.79 Å². The number of aromatic carboxylic acids is 1. The summed E-state index contributed by atoms with van der Waals surface area (Å²) in [6, 6.07) is 9.13. The van der Waals surface area contributed by atoms with Gasteiger partial charge >= 0.3 is 5.97 Å². The van der Waals surface area contributed by atoms with Crippen LogP contribution in [0.15, 0.2) is 36.4 Å². The summed E-state index contributed by atoms with van der Waals surface area (Å²) in [6.45, 7) is 3.39. The molecule has 21 heavy (non-hydrogen) atoms. The monoisotopic (exact) mass is 287 g/mol. The minimum Gasteiger partial charge on any atom is -0.478 e. The first-order chi connectivity index (χ1) is 9.88. The first-order valence-corrected chi connectivity index (χ1v) is 6.15. The summed E-state index contributed by atoms with van der Waals surface area (Å²) in [5.41, 5.74) is 1.24.